The first-order valence-electron chi connectivity index (χ1n) is 4.07. The zero-order valence-electron chi connectivity index (χ0n) is 6.78. The van der Waals surface area contributed by atoms with Gasteiger partial charge < -0.3 is 9.64 Å². The van der Waals surface area contributed by atoms with E-state index in [9.17, 15) is 4.79 Å². The molecule has 0 N–H and O–H groups in total. The maximum absolute atomic E-state index is 10.9. The normalized spacial score (nSPS) is 24.5. The molecule has 1 saturated heterocycles. The van der Waals surface area contributed by atoms with Gasteiger partial charge in [-0.15, -0.1) is 0 Å². The Morgan fingerprint density at radius 2 is 2.17 bits per heavy atom. The Kier molecular flexibility index (Phi) is 2.37. The highest BCUT2D eigenvalue weighted by atomic mass is 32.2. The van der Waals surface area contributed by atoms with Gasteiger partial charge in [0, 0.05) is 18.8 Å². The maximum atomic E-state index is 10.9. The minimum absolute atomic E-state index is 0.261. The average Bonchev–Trinajstić information content (AvgIpc) is 2.54. The van der Waals surface area contributed by atoms with E-state index < -0.39 is 0 Å². The fourth-order valence-corrected chi connectivity index (χ4v) is 2.13. The monoisotopic (exact) mass is 185 g/mol. The van der Waals surface area contributed by atoms with Crippen LogP contribution < -0.4 is 0 Å². The van der Waals surface area contributed by atoms with Crippen molar-refractivity contribution in [2.75, 3.05) is 26.3 Å². The SMILES string of the molecule is O=C1CC(N2CCOCC2)=CS1. The third-order valence-corrected chi connectivity index (χ3v) is 2.87. The van der Waals surface area contributed by atoms with Crippen molar-refractivity contribution in [2.24, 2.45) is 0 Å². The summed E-state index contributed by atoms with van der Waals surface area (Å²) < 4.78 is 5.23. The second kappa shape index (κ2) is 3.49. The van der Waals surface area contributed by atoms with E-state index in [1.54, 1.807) is 0 Å². The van der Waals surface area contributed by atoms with Crippen LogP contribution >= 0.6 is 11.8 Å². The molecule has 2 aliphatic rings. The molecule has 1 fully saturated rings. The third kappa shape index (κ3) is 1.64. The lowest BCUT2D eigenvalue weighted by Gasteiger charge is -2.29. The summed E-state index contributed by atoms with van der Waals surface area (Å²) in [6.45, 7) is 3.44. The van der Waals surface area contributed by atoms with E-state index in [0.717, 1.165) is 26.3 Å². The van der Waals surface area contributed by atoms with Gasteiger partial charge in [0.2, 0.25) is 0 Å². The second-order valence-corrected chi connectivity index (χ2v) is 3.80. The molecular weight excluding hydrogens is 174 g/mol. The molecule has 0 amide bonds. The number of carbonyl (C=O) groups excluding carboxylic acids is 1. The number of ether oxygens (including phenoxy) is 1. The van der Waals surface area contributed by atoms with E-state index in [4.69, 9.17) is 4.74 Å². The molecule has 2 rings (SSSR count). The molecule has 3 nitrogen and oxygen atoms in total. The number of hydrogen-bond donors (Lipinski definition) is 0. The van der Waals surface area contributed by atoms with Gasteiger partial charge in [-0.2, -0.15) is 0 Å². The molecule has 0 spiro atoms. The molecule has 12 heavy (non-hydrogen) atoms. The Labute approximate surface area is 75.8 Å². The molecule has 0 radical (unpaired) electrons. The van der Waals surface area contributed by atoms with Gasteiger partial charge in [0.25, 0.3) is 0 Å². The summed E-state index contributed by atoms with van der Waals surface area (Å²) in [6, 6.07) is 0. The van der Waals surface area contributed by atoms with Crippen LogP contribution in [0.25, 0.3) is 0 Å². The summed E-state index contributed by atoms with van der Waals surface area (Å²) in [7, 11) is 0. The Bertz CT molecular complexity index is 221. The lowest BCUT2D eigenvalue weighted by Crippen LogP contribution is -2.35. The number of nitrogens with zero attached hydrogens (tertiary/aromatic N) is 1. The van der Waals surface area contributed by atoms with Crippen molar-refractivity contribution >= 4 is 16.9 Å². The van der Waals surface area contributed by atoms with Crippen LogP contribution in [0.1, 0.15) is 6.42 Å². The second-order valence-electron chi connectivity index (χ2n) is 2.88. The summed E-state index contributed by atoms with van der Waals surface area (Å²) in [5.41, 5.74) is 1.17. The molecule has 0 atom stereocenters. The van der Waals surface area contributed by atoms with Gasteiger partial charge in [-0.3, -0.25) is 4.79 Å². The predicted molar refractivity (Wildman–Crippen MR) is 47.7 cm³/mol. The highest BCUT2D eigenvalue weighted by Gasteiger charge is 2.20. The Morgan fingerprint density at radius 1 is 1.42 bits per heavy atom. The molecule has 0 aliphatic carbocycles. The van der Waals surface area contributed by atoms with E-state index in [2.05, 4.69) is 4.90 Å². The number of morpholine rings is 1. The fourth-order valence-electron chi connectivity index (χ4n) is 1.40. The Balaban J connectivity index is 1.95. The fraction of sp³-hybridized carbons (Fsp3) is 0.625. The summed E-state index contributed by atoms with van der Waals surface area (Å²) in [5, 5.41) is 2.23. The number of carbonyl (C=O) groups is 1. The topological polar surface area (TPSA) is 29.5 Å². The standard InChI is InChI=1S/C8H11NO2S/c10-8-5-7(6-12-8)9-1-3-11-4-2-9/h6H,1-5H2. The van der Waals surface area contributed by atoms with E-state index in [1.807, 2.05) is 5.41 Å². The van der Waals surface area contributed by atoms with Gasteiger partial charge in [-0.1, -0.05) is 11.8 Å². The lowest BCUT2D eigenvalue weighted by atomic mass is 10.3. The van der Waals surface area contributed by atoms with E-state index in [1.165, 1.54) is 17.5 Å². The maximum Gasteiger partial charge on any atom is 0.199 e. The zero-order valence-corrected chi connectivity index (χ0v) is 7.60. The summed E-state index contributed by atoms with van der Waals surface area (Å²) in [5.74, 6) is 0. The first-order chi connectivity index (χ1) is 5.86. The van der Waals surface area contributed by atoms with Gasteiger partial charge in [0.1, 0.15) is 0 Å². The summed E-state index contributed by atoms with van der Waals surface area (Å²) in [4.78, 5) is 13.2. The highest BCUT2D eigenvalue weighted by Crippen LogP contribution is 2.26. The molecular formula is C8H11NO2S. The van der Waals surface area contributed by atoms with Crippen LogP contribution in [0.2, 0.25) is 0 Å². The van der Waals surface area contributed by atoms with Crippen LogP contribution in [-0.4, -0.2) is 36.3 Å². The van der Waals surface area contributed by atoms with Crippen molar-refractivity contribution in [2.45, 2.75) is 6.42 Å². The molecule has 0 bridgehead atoms. The summed E-state index contributed by atoms with van der Waals surface area (Å²) in [6.07, 6.45) is 0.602. The predicted octanol–water partition coefficient (Wildman–Crippen LogP) is 0.824. The smallest absolute Gasteiger partial charge is 0.199 e. The molecule has 0 aromatic heterocycles. The zero-order chi connectivity index (χ0) is 8.39. The van der Waals surface area contributed by atoms with Crippen LogP contribution in [0.15, 0.2) is 11.1 Å². The van der Waals surface area contributed by atoms with Crippen LogP contribution in [0.3, 0.4) is 0 Å². The van der Waals surface area contributed by atoms with Crippen molar-refractivity contribution in [1.82, 2.24) is 4.90 Å². The van der Waals surface area contributed by atoms with E-state index in [0.29, 0.717) is 6.42 Å². The minimum atomic E-state index is 0.261. The number of thioether (sulfide) groups is 1. The van der Waals surface area contributed by atoms with Crippen molar-refractivity contribution in [3.05, 3.63) is 11.1 Å². The Morgan fingerprint density at radius 3 is 2.75 bits per heavy atom. The number of hydrogen-bond acceptors (Lipinski definition) is 4. The first kappa shape index (κ1) is 8.13. The van der Waals surface area contributed by atoms with Crippen molar-refractivity contribution < 1.29 is 9.53 Å². The average molecular weight is 185 g/mol. The van der Waals surface area contributed by atoms with Gasteiger partial charge in [-0.25, -0.2) is 0 Å². The highest BCUT2D eigenvalue weighted by molar-refractivity contribution is 8.16. The van der Waals surface area contributed by atoms with Crippen molar-refractivity contribution in [1.29, 1.82) is 0 Å². The first-order valence-corrected chi connectivity index (χ1v) is 4.95. The van der Waals surface area contributed by atoms with Gasteiger partial charge in [0.15, 0.2) is 5.12 Å². The van der Waals surface area contributed by atoms with E-state index in [-0.39, 0.29) is 5.12 Å². The summed E-state index contributed by atoms with van der Waals surface area (Å²) >= 11 is 1.32. The lowest BCUT2D eigenvalue weighted by molar-refractivity contribution is -0.110. The van der Waals surface area contributed by atoms with E-state index >= 15 is 0 Å². The van der Waals surface area contributed by atoms with Crippen LogP contribution in [0, 0.1) is 0 Å². The molecule has 0 saturated carbocycles. The van der Waals surface area contributed by atoms with Gasteiger partial charge >= 0.3 is 0 Å². The number of rotatable bonds is 1. The molecule has 66 valence electrons. The van der Waals surface area contributed by atoms with Crippen LogP contribution in [0.4, 0.5) is 0 Å². The minimum Gasteiger partial charge on any atom is -0.378 e. The molecule has 0 aromatic carbocycles. The van der Waals surface area contributed by atoms with Gasteiger partial charge in [0.05, 0.1) is 19.6 Å². The molecule has 2 heterocycles. The molecule has 0 aromatic rings. The molecule has 4 heteroatoms. The van der Waals surface area contributed by atoms with Crippen molar-refractivity contribution in [3.63, 3.8) is 0 Å². The third-order valence-electron chi connectivity index (χ3n) is 2.07. The molecule has 0 unspecified atom stereocenters. The van der Waals surface area contributed by atoms with Crippen LogP contribution in [-0.2, 0) is 9.53 Å². The largest absolute Gasteiger partial charge is 0.378 e. The molecule has 2 aliphatic heterocycles. The van der Waals surface area contributed by atoms with Gasteiger partial charge in [-0.05, 0) is 5.41 Å². The number of allylic oxidation sites excluding steroid dienone is 1. The van der Waals surface area contributed by atoms with Crippen molar-refractivity contribution in [3.8, 4) is 0 Å². The quantitative estimate of drug-likeness (QED) is 0.605. The van der Waals surface area contributed by atoms with Crippen LogP contribution in [0.5, 0.6) is 0 Å². The Hall–Kier alpha value is -0.480.